The molecule has 0 saturated carbocycles. The summed E-state index contributed by atoms with van der Waals surface area (Å²) in [6.45, 7) is 2.89. The highest BCUT2D eigenvalue weighted by Crippen LogP contribution is 2.15. The van der Waals surface area contributed by atoms with Crippen molar-refractivity contribution in [2.24, 2.45) is 7.05 Å². The Labute approximate surface area is 138 Å². The Morgan fingerprint density at radius 3 is 3.00 bits per heavy atom. The fourth-order valence-electron chi connectivity index (χ4n) is 2.36. The number of methoxy groups -OCH3 is 1. The van der Waals surface area contributed by atoms with E-state index in [0.717, 1.165) is 11.0 Å². The second kappa shape index (κ2) is 6.75. The highest BCUT2D eigenvalue weighted by Gasteiger charge is 2.19. The summed E-state index contributed by atoms with van der Waals surface area (Å²) in [5.41, 5.74) is 2.04. The molecule has 0 saturated heterocycles. The molecule has 0 N–H and O–H groups in total. The molecule has 0 aliphatic heterocycles. The fraction of sp³-hybridized carbons (Fsp3) is 0.400. The molecular weight excluding hydrogens is 312 g/mol. The van der Waals surface area contributed by atoms with E-state index in [1.165, 1.54) is 0 Å². The molecule has 0 unspecified atom stereocenters. The Kier molecular flexibility index (Phi) is 4.52. The van der Waals surface area contributed by atoms with Crippen molar-refractivity contribution < 1.29 is 14.1 Å². The van der Waals surface area contributed by atoms with Crippen LogP contribution in [0.15, 0.2) is 23.0 Å². The van der Waals surface area contributed by atoms with Crippen LogP contribution in [-0.2, 0) is 24.9 Å². The van der Waals surface area contributed by atoms with E-state index in [1.807, 2.05) is 14.0 Å². The first-order valence-electron chi connectivity index (χ1n) is 7.49. The van der Waals surface area contributed by atoms with Crippen LogP contribution in [0.3, 0.4) is 0 Å². The maximum Gasteiger partial charge on any atom is 0.255 e. The quantitative estimate of drug-likeness (QED) is 0.668. The standard InChI is InChI=1S/C15H18N6O3/c1-4-21(8-14-18-13(9-23-3)19-24-14)15(22)10-5-12-11(16-6-10)7-17-20(12)2/h5-7H,4,8-9H2,1-3H3. The maximum atomic E-state index is 12.7. The Morgan fingerprint density at radius 1 is 1.42 bits per heavy atom. The average Bonchev–Trinajstić information content (AvgIpc) is 3.19. The number of hydrogen-bond donors (Lipinski definition) is 0. The topological polar surface area (TPSA) is 99.2 Å². The molecule has 0 spiro atoms. The third kappa shape index (κ3) is 3.11. The van der Waals surface area contributed by atoms with E-state index < -0.39 is 0 Å². The van der Waals surface area contributed by atoms with Crippen molar-refractivity contribution in [3.8, 4) is 0 Å². The summed E-state index contributed by atoms with van der Waals surface area (Å²) >= 11 is 0. The molecule has 3 aromatic rings. The number of hydrogen-bond acceptors (Lipinski definition) is 7. The third-order valence-electron chi connectivity index (χ3n) is 3.62. The predicted molar refractivity (Wildman–Crippen MR) is 83.9 cm³/mol. The maximum absolute atomic E-state index is 12.7. The van der Waals surface area contributed by atoms with Gasteiger partial charge in [0.05, 0.1) is 17.3 Å². The second-order valence-corrected chi connectivity index (χ2v) is 5.25. The first-order valence-corrected chi connectivity index (χ1v) is 7.49. The molecule has 126 valence electrons. The highest BCUT2D eigenvalue weighted by molar-refractivity contribution is 5.96. The molecule has 9 nitrogen and oxygen atoms in total. The van der Waals surface area contributed by atoms with Gasteiger partial charge in [0.1, 0.15) is 18.7 Å². The molecule has 0 aliphatic rings. The Bertz CT molecular complexity index is 856. The Morgan fingerprint density at radius 2 is 2.25 bits per heavy atom. The van der Waals surface area contributed by atoms with Crippen LogP contribution in [0, 0.1) is 0 Å². The summed E-state index contributed by atoms with van der Waals surface area (Å²) in [4.78, 5) is 22.8. The predicted octanol–water partition coefficient (Wildman–Crippen LogP) is 1.16. The van der Waals surface area contributed by atoms with Gasteiger partial charge >= 0.3 is 0 Å². The van der Waals surface area contributed by atoms with Crippen molar-refractivity contribution in [1.29, 1.82) is 0 Å². The number of nitrogens with zero attached hydrogens (tertiary/aromatic N) is 6. The molecule has 0 radical (unpaired) electrons. The van der Waals surface area contributed by atoms with Gasteiger partial charge in [0.15, 0.2) is 5.82 Å². The summed E-state index contributed by atoms with van der Waals surface area (Å²) in [5.74, 6) is 0.667. The smallest absolute Gasteiger partial charge is 0.255 e. The van der Waals surface area contributed by atoms with Crippen molar-refractivity contribution in [2.45, 2.75) is 20.1 Å². The number of carbonyl (C=O) groups excluding carboxylic acids is 1. The van der Waals surface area contributed by atoms with Gasteiger partial charge in [-0.05, 0) is 13.0 Å². The zero-order chi connectivity index (χ0) is 17.1. The number of carbonyl (C=O) groups is 1. The van der Waals surface area contributed by atoms with E-state index in [4.69, 9.17) is 9.26 Å². The van der Waals surface area contributed by atoms with Crippen LogP contribution in [0.1, 0.15) is 29.0 Å². The zero-order valence-electron chi connectivity index (χ0n) is 13.8. The molecule has 0 bridgehead atoms. The van der Waals surface area contributed by atoms with Gasteiger partial charge < -0.3 is 14.2 Å². The van der Waals surface area contributed by atoms with E-state index in [0.29, 0.717) is 23.8 Å². The van der Waals surface area contributed by atoms with Gasteiger partial charge in [0, 0.05) is 26.9 Å². The van der Waals surface area contributed by atoms with Gasteiger partial charge in [0.2, 0.25) is 5.89 Å². The number of amides is 1. The summed E-state index contributed by atoms with van der Waals surface area (Å²) in [6.07, 6.45) is 3.22. The van der Waals surface area contributed by atoms with Crippen molar-refractivity contribution in [3.63, 3.8) is 0 Å². The lowest BCUT2D eigenvalue weighted by Crippen LogP contribution is -2.30. The van der Waals surface area contributed by atoms with Crippen molar-refractivity contribution >= 4 is 16.9 Å². The normalized spacial score (nSPS) is 11.1. The van der Waals surface area contributed by atoms with E-state index in [-0.39, 0.29) is 19.1 Å². The third-order valence-corrected chi connectivity index (χ3v) is 3.62. The van der Waals surface area contributed by atoms with Crippen LogP contribution < -0.4 is 0 Å². The first-order chi connectivity index (χ1) is 11.6. The van der Waals surface area contributed by atoms with Crippen LogP contribution in [0.4, 0.5) is 0 Å². The van der Waals surface area contributed by atoms with Crippen molar-refractivity contribution in [1.82, 2.24) is 29.8 Å². The van der Waals surface area contributed by atoms with Gasteiger partial charge in [-0.15, -0.1) is 0 Å². The Hall–Kier alpha value is -2.81. The number of fused-ring (bicyclic) bond motifs is 1. The van der Waals surface area contributed by atoms with E-state index in [9.17, 15) is 4.79 Å². The molecule has 9 heteroatoms. The van der Waals surface area contributed by atoms with Crippen LogP contribution in [0.2, 0.25) is 0 Å². The van der Waals surface area contributed by atoms with Gasteiger partial charge in [-0.3, -0.25) is 14.5 Å². The molecule has 0 aromatic carbocycles. The van der Waals surface area contributed by atoms with Gasteiger partial charge in [-0.2, -0.15) is 10.1 Å². The van der Waals surface area contributed by atoms with Gasteiger partial charge in [-0.25, -0.2) is 0 Å². The minimum Gasteiger partial charge on any atom is -0.377 e. The second-order valence-electron chi connectivity index (χ2n) is 5.25. The van der Waals surface area contributed by atoms with Crippen molar-refractivity contribution in [3.05, 3.63) is 35.7 Å². The average molecular weight is 330 g/mol. The lowest BCUT2D eigenvalue weighted by Gasteiger charge is -2.18. The van der Waals surface area contributed by atoms with E-state index in [1.54, 1.807) is 35.2 Å². The molecule has 3 heterocycles. The van der Waals surface area contributed by atoms with Crippen molar-refractivity contribution in [2.75, 3.05) is 13.7 Å². The lowest BCUT2D eigenvalue weighted by atomic mass is 10.2. The Balaban J connectivity index is 1.80. The summed E-state index contributed by atoms with van der Waals surface area (Å²) < 4.78 is 11.8. The highest BCUT2D eigenvalue weighted by atomic mass is 16.5. The number of aryl methyl sites for hydroxylation is 1. The number of ether oxygens (including phenoxy) is 1. The first kappa shape index (κ1) is 16.1. The molecule has 0 fully saturated rings. The van der Waals surface area contributed by atoms with Crippen LogP contribution in [-0.4, -0.2) is 49.4 Å². The lowest BCUT2D eigenvalue weighted by molar-refractivity contribution is 0.0734. The summed E-state index contributed by atoms with van der Waals surface area (Å²) in [7, 11) is 3.37. The largest absolute Gasteiger partial charge is 0.377 e. The number of aromatic nitrogens is 5. The van der Waals surface area contributed by atoms with Gasteiger partial charge in [0.25, 0.3) is 5.91 Å². The van der Waals surface area contributed by atoms with E-state index >= 15 is 0 Å². The zero-order valence-corrected chi connectivity index (χ0v) is 13.8. The van der Waals surface area contributed by atoms with Crippen LogP contribution >= 0.6 is 0 Å². The van der Waals surface area contributed by atoms with Crippen LogP contribution in [0.5, 0.6) is 0 Å². The monoisotopic (exact) mass is 330 g/mol. The van der Waals surface area contributed by atoms with E-state index in [2.05, 4.69) is 20.2 Å². The molecule has 1 amide bonds. The van der Waals surface area contributed by atoms with Crippen LogP contribution in [0.25, 0.3) is 11.0 Å². The van der Waals surface area contributed by atoms with Gasteiger partial charge in [-0.1, -0.05) is 5.16 Å². The summed E-state index contributed by atoms with van der Waals surface area (Å²) in [5, 5.41) is 7.93. The molecule has 0 atom stereocenters. The number of rotatable bonds is 6. The SMILES string of the molecule is CCN(Cc1nc(COC)no1)C(=O)c1cnc2cnn(C)c2c1. The summed E-state index contributed by atoms with van der Waals surface area (Å²) in [6, 6.07) is 1.78. The molecule has 3 aromatic heterocycles. The number of pyridine rings is 1. The molecule has 3 rings (SSSR count). The minimum absolute atomic E-state index is 0.153. The minimum atomic E-state index is -0.153. The molecule has 0 aliphatic carbocycles. The fourth-order valence-corrected chi connectivity index (χ4v) is 2.36. The molecule has 24 heavy (non-hydrogen) atoms. The molecular formula is C15H18N6O3.